The van der Waals surface area contributed by atoms with Crippen LogP contribution in [0.15, 0.2) is 36.5 Å². The summed E-state index contributed by atoms with van der Waals surface area (Å²) in [6.45, 7) is 4.81. The first-order valence-corrected chi connectivity index (χ1v) is 7.35. The molecule has 1 aromatic heterocycles. The van der Waals surface area contributed by atoms with Gasteiger partial charge in [0, 0.05) is 31.7 Å². The van der Waals surface area contributed by atoms with Crippen LogP contribution in [-0.4, -0.2) is 34.1 Å². The Bertz CT molecular complexity index is 608. The molecule has 0 bridgehead atoms. The molecule has 1 aliphatic heterocycles. The van der Waals surface area contributed by atoms with Crippen molar-refractivity contribution in [3.05, 3.63) is 53.3 Å². The summed E-state index contributed by atoms with van der Waals surface area (Å²) in [6.07, 6.45) is 1.80. The molecule has 1 unspecified atom stereocenters. The average Bonchev–Trinajstić information content (AvgIpc) is 3.01. The third-order valence-corrected chi connectivity index (χ3v) is 3.97. The standard InChI is InChI=1S/C16H20N4O/c1-2-20(11-12-6-4-3-5-7-12)16(21)14-10-17-8-13-9-18-19-15(13)14/h3-7,9,14,17H,2,8,10-11H2,1H3,(H,18,19). The van der Waals surface area contributed by atoms with Crippen molar-refractivity contribution in [3.63, 3.8) is 0 Å². The highest BCUT2D eigenvalue weighted by Crippen LogP contribution is 2.24. The van der Waals surface area contributed by atoms with E-state index in [-0.39, 0.29) is 11.8 Å². The van der Waals surface area contributed by atoms with Gasteiger partial charge in [0.05, 0.1) is 17.8 Å². The van der Waals surface area contributed by atoms with E-state index in [0.717, 1.165) is 23.4 Å². The van der Waals surface area contributed by atoms with Crippen molar-refractivity contribution in [1.82, 2.24) is 20.4 Å². The lowest BCUT2D eigenvalue weighted by Crippen LogP contribution is -2.41. The van der Waals surface area contributed by atoms with Crippen LogP contribution in [0, 0.1) is 0 Å². The number of fused-ring (bicyclic) bond motifs is 1. The molecule has 0 saturated carbocycles. The van der Waals surface area contributed by atoms with Gasteiger partial charge in [0.15, 0.2) is 0 Å². The van der Waals surface area contributed by atoms with Crippen LogP contribution in [0.4, 0.5) is 0 Å². The molecule has 0 saturated heterocycles. The molecule has 3 rings (SSSR count). The Morgan fingerprint density at radius 1 is 1.38 bits per heavy atom. The van der Waals surface area contributed by atoms with Crippen LogP contribution >= 0.6 is 0 Å². The second kappa shape index (κ2) is 6.10. The normalized spacial score (nSPS) is 17.3. The molecule has 1 aliphatic rings. The molecular formula is C16H20N4O. The van der Waals surface area contributed by atoms with Crippen molar-refractivity contribution in [1.29, 1.82) is 0 Å². The number of aromatic nitrogens is 2. The Kier molecular flexibility index (Phi) is 4.01. The molecule has 2 aromatic rings. The fraction of sp³-hybridized carbons (Fsp3) is 0.375. The zero-order chi connectivity index (χ0) is 14.7. The van der Waals surface area contributed by atoms with Crippen LogP contribution in [0.2, 0.25) is 0 Å². The van der Waals surface area contributed by atoms with E-state index < -0.39 is 0 Å². The molecule has 2 heterocycles. The van der Waals surface area contributed by atoms with E-state index in [1.54, 1.807) is 6.20 Å². The van der Waals surface area contributed by atoms with Gasteiger partial charge in [-0.05, 0) is 12.5 Å². The summed E-state index contributed by atoms with van der Waals surface area (Å²) in [7, 11) is 0. The minimum atomic E-state index is -0.167. The zero-order valence-electron chi connectivity index (χ0n) is 12.2. The number of hydrogen-bond acceptors (Lipinski definition) is 3. The lowest BCUT2D eigenvalue weighted by Gasteiger charge is -2.29. The Labute approximate surface area is 124 Å². The SMILES string of the molecule is CCN(Cc1ccccc1)C(=O)C1CNCc2cn[nH]c21. The molecule has 1 aromatic carbocycles. The van der Waals surface area contributed by atoms with E-state index >= 15 is 0 Å². The van der Waals surface area contributed by atoms with Crippen molar-refractivity contribution >= 4 is 5.91 Å². The maximum atomic E-state index is 12.8. The number of carbonyl (C=O) groups is 1. The summed E-state index contributed by atoms with van der Waals surface area (Å²) in [4.78, 5) is 14.7. The fourth-order valence-electron chi connectivity index (χ4n) is 2.80. The smallest absolute Gasteiger partial charge is 0.233 e. The number of nitrogens with zero attached hydrogens (tertiary/aromatic N) is 2. The van der Waals surface area contributed by atoms with Crippen molar-refractivity contribution in [2.45, 2.75) is 25.9 Å². The average molecular weight is 284 g/mol. The summed E-state index contributed by atoms with van der Waals surface area (Å²) in [5.41, 5.74) is 3.21. The topological polar surface area (TPSA) is 61.0 Å². The fourth-order valence-corrected chi connectivity index (χ4v) is 2.80. The highest BCUT2D eigenvalue weighted by Gasteiger charge is 2.30. The van der Waals surface area contributed by atoms with E-state index in [2.05, 4.69) is 27.6 Å². The molecule has 0 radical (unpaired) electrons. The molecule has 0 spiro atoms. The number of hydrogen-bond donors (Lipinski definition) is 2. The number of carbonyl (C=O) groups excluding carboxylic acids is 1. The second-order valence-corrected chi connectivity index (χ2v) is 5.33. The van der Waals surface area contributed by atoms with Gasteiger partial charge in [-0.3, -0.25) is 9.89 Å². The van der Waals surface area contributed by atoms with Gasteiger partial charge in [0.2, 0.25) is 5.91 Å². The third kappa shape index (κ3) is 2.83. The molecule has 2 N–H and O–H groups in total. The van der Waals surface area contributed by atoms with E-state index in [4.69, 9.17) is 0 Å². The van der Waals surface area contributed by atoms with Gasteiger partial charge in [0.25, 0.3) is 0 Å². The first-order chi connectivity index (χ1) is 10.3. The van der Waals surface area contributed by atoms with Crippen LogP contribution in [0.3, 0.4) is 0 Å². The Morgan fingerprint density at radius 2 is 2.19 bits per heavy atom. The number of rotatable bonds is 4. The van der Waals surface area contributed by atoms with E-state index in [1.165, 1.54) is 0 Å². The molecule has 0 aliphatic carbocycles. The van der Waals surface area contributed by atoms with Crippen molar-refractivity contribution in [2.24, 2.45) is 0 Å². The first-order valence-electron chi connectivity index (χ1n) is 7.35. The predicted molar refractivity (Wildman–Crippen MR) is 80.6 cm³/mol. The molecule has 0 fully saturated rings. The van der Waals surface area contributed by atoms with Crippen LogP contribution in [-0.2, 0) is 17.9 Å². The number of likely N-dealkylation sites (N-methyl/N-ethyl adjacent to an activating group) is 1. The maximum absolute atomic E-state index is 12.8. The van der Waals surface area contributed by atoms with E-state index in [9.17, 15) is 4.79 Å². The third-order valence-electron chi connectivity index (χ3n) is 3.97. The number of aromatic amines is 1. The van der Waals surface area contributed by atoms with Crippen LogP contribution in [0.25, 0.3) is 0 Å². The van der Waals surface area contributed by atoms with Crippen LogP contribution in [0.1, 0.15) is 29.7 Å². The highest BCUT2D eigenvalue weighted by molar-refractivity contribution is 5.84. The lowest BCUT2D eigenvalue weighted by molar-refractivity contribution is -0.133. The number of benzene rings is 1. The second-order valence-electron chi connectivity index (χ2n) is 5.33. The van der Waals surface area contributed by atoms with Gasteiger partial charge >= 0.3 is 0 Å². The zero-order valence-corrected chi connectivity index (χ0v) is 12.2. The maximum Gasteiger partial charge on any atom is 0.233 e. The van der Waals surface area contributed by atoms with Gasteiger partial charge in [-0.15, -0.1) is 0 Å². The minimum absolute atomic E-state index is 0.152. The summed E-state index contributed by atoms with van der Waals surface area (Å²) in [6, 6.07) is 10.1. The molecule has 5 heteroatoms. The van der Waals surface area contributed by atoms with Gasteiger partial charge in [-0.1, -0.05) is 30.3 Å². The molecule has 5 nitrogen and oxygen atoms in total. The van der Waals surface area contributed by atoms with Gasteiger partial charge in [-0.2, -0.15) is 5.10 Å². The summed E-state index contributed by atoms with van der Waals surface area (Å²) in [5.74, 6) is -0.0148. The molecule has 110 valence electrons. The Hall–Kier alpha value is -2.14. The molecule has 21 heavy (non-hydrogen) atoms. The minimum Gasteiger partial charge on any atom is -0.338 e. The monoisotopic (exact) mass is 284 g/mol. The molecule has 1 amide bonds. The largest absolute Gasteiger partial charge is 0.338 e. The Balaban J connectivity index is 1.78. The summed E-state index contributed by atoms with van der Waals surface area (Å²) < 4.78 is 0. The summed E-state index contributed by atoms with van der Waals surface area (Å²) in [5, 5.41) is 10.4. The number of amides is 1. The van der Waals surface area contributed by atoms with E-state index in [1.807, 2.05) is 30.0 Å². The van der Waals surface area contributed by atoms with E-state index in [0.29, 0.717) is 19.6 Å². The molecule has 1 atom stereocenters. The quantitative estimate of drug-likeness (QED) is 0.897. The van der Waals surface area contributed by atoms with Gasteiger partial charge in [-0.25, -0.2) is 0 Å². The van der Waals surface area contributed by atoms with Crippen molar-refractivity contribution in [3.8, 4) is 0 Å². The van der Waals surface area contributed by atoms with Gasteiger partial charge < -0.3 is 10.2 Å². The summed E-state index contributed by atoms with van der Waals surface area (Å²) >= 11 is 0. The van der Waals surface area contributed by atoms with Crippen molar-refractivity contribution in [2.75, 3.05) is 13.1 Å². The molecular weight excluding hydrogens is 264 g/mol. The van der Waals surface area contributed by atoms with Crippen LogP contribution in [0.5, 0.6) is 0 Å². The first kappa shape index (κ1) is 13.8. The van der Waals surface area contributed by atoms with Gasteiger partial charge in [0.1, 0.15) is 0 Å². The Morgan fingerprint density at radius 3 is 2.95 bits per heavy atom. The highest BCUT2D eigenvalue weighted by atomic mass is 16.2. The number of nitrogens with one attached hydrogen (secondary N) is 2. The van der Waals surface area contributed by atoms with Crippen LogP contribution < -0.4 is 5.32 Å². The number of H-pyrrole nitrogens is 1. The lowest BCUT2D eigenvalue weighted by atomic mass is 9.96. The predicted octanol–water partition coefficient (Wildman–Crippen LogP) is 1.65. The van der Waals surface area contributed by atoms with Crippen molar-refractivity contribution < 1.29 is 4.79 Å².